The molecule has 1 N–H and O–H groups in total. The van der Waals surface area contributed by atoms with Crippen molar-refractivity contribution in [3.05, 3.63) is 33.7 Å². The van der Waals surface area contributed by atoms with E-state index >= 15 is 0 Å². The summed E-state index contributed by atoms with van der Waals surface area (Å²) in [6, 6.07) is 8.17. The molecule has 0 saturated carbocycles. The average Bonchev–Trinajstić information content (AvgIpc) is 2.79. The molecule has 17 heavy (non-hydrogen) atoms. The number of halogens is 1. The van der Waals surface area contributed by atoms with E-state index in [0.29, 0.717) is 0 Å². The van der Waals surface area contributed by atoms with Gasteiger partial charge in [0.25, 0.3) is 0 Å². The highest BCUT2D eigenvalue weighted by Crippen LogP contribution is 2.25. The van der Waals surface area contributed by atoms with Crippen molar-refractivity contribution in [2.24, 2.45) is 0 Å². The number of aryl methyl sites for hydroxylation is 1. The molecule has 0 fully saturated rings. The molecular formula is C12H14BrN3S. The summed E-state index contributed by atoms with van der Waals surface area (Å²) in [4.78, 5) is 0. The molecule has 2 aromatic rings. The van der Waals surface area contributed by atoms with Crippen molar-refractivity contribution in [3.8, 4) is 10.6 Å². The summed E-state index contributed by atoms with van der Waals surface area (Å²) in [5, 5.41) is 13.7. The molecule has 0 amide bonds. The van der Waals surface area contributed by atoms with E-state index in [0.717, 1.165) is 39.4 Å². The third kappa shape index (κ3) is 3.59. The first-order valence-corrected chi connectivity index (χ1v) is 7.13. The molecule has 0 spiro atoms. The first kappa shape index (κ1) is 12.7. The standard InChI is InChI=1S/C12H14BrN3S/c1-14-8-2-3-11-15-16-12(17-11)9-4-6-10(13)7-5-9/h4-7,14H,2-3,8H2,1H3. The minimum Gasteiger partial charge on any atom is -0.320 e. The van der Waals surface area contributed by atoms with Gasteiger partial charge in [0.05, 0.1) is 0 Å². The maximum Gasteiger partial charge on any atom is 0.147 e. The van der Waals surface area contributed by atoms with Gasteiger partial charge in [-0.05, 0) is 32.1 Å². The Labute approximate surface area is 113 Å². The number of hydrogen-bond acceptors (Lipinski definition) is 4. The van der Waals surface area contributed by atoms with E-state index in [4.69, 9.17) is 0 Å². The molecule has 3 nitrogen and oxygen atoms in total. The first-order valence-electron chi connectivity index (χ1n) is 5.52. The molecule has 0 aliphatic rings. The third-order valence-electron chi connectivity index (χ3n) is 2.38. The van der Waals surface area contributed by atoms with Gasteiger partial charge in [-0.25, -0.2) is 0 Å². The maximum atomic E-state index is 4.23. The molecule has 0 saturated heterocycles. The number of hydrogen-bond donors (Lipinski definition) is 1. The van der Waals surface area contributed by atoms with Gasteiger partial charge in [-0.15, -0.1) is 10.2 Å². The molecule has 0 atom stereocenters. The average molecular weight is 312 g/mol. The Hall–Kier alpha value is -0.780. The van der Waals surface area contributed by atoms with Gasteiger partial charge in [-0.3, -0.25) is 0 Å². The van der Waals surface area contributed by atoms with Crippen molar-refractivity contribution in [1.29, 1.82) is 0 Å². The van der Waals surface area contributed by atoms with Crippen LogP contribution < -0.4 is 5.32 Å². The molecule has 1 heterocycles. The zero-order valence-corrected chi connectivity index (χ0v) is 12.0. The first-order chi connectivity index (χ1) is 8.29. The van der Waals surface area contributed by atoms with E-state index in [9.17, 15) is 0 Å². The predicted octanol–water partition coefficient (Wildman–Crippen LogP) is 3.12. The second kappa shape index (κ2) is 6.23. The molecular weight excluding hydrogens is 298 g/mol. The van der Waals surface area contributed by atoms with Crippen molar-refractivity contribution in [1.82, 2.24) is 15.5 Å². The lowest BCUT2D eigenvalue weighted by Crippen LogP contribution is -2.08. The zero-order valence-electron chi connectivity index (χ0n) is 9.61. The molecule has 0 aliphatic carbocycles. The van der Waals surface area contributed by atoms with Crippen LogP contribution >= 0.6 is 27.3 Å². The van der Waals surface area contributed by atoms with Crippen LogP contribution in [0.25, 0.3) is 10.6 Å². The Morgan fingerprint density at radius 3 is 2.71 bits per heavy atom. The largest absolute Gasteiger partial charge is 0.320 e. The second-order valence-corrected chi connectivity index (χ2v) is 5.69. The number of rotatable bonds is 5. The minimum absolute atomic E-state index is 0.995. The van der Waals surface area contributed by atoms with Crippen molar-refractivity contribution in [3.63, 3.8) is 0 Å². The SMILES string of the molecule is CNCCCc1nnc(-c2ccc(Br)cc2)s1. The molecule has 0 radical (unpaired) electrons. The van der Waals surface area contributed by atoms with E-state index in [2.05, 4.69) is 43.6 Å². The van der Waals surface area contributed by atoms with Crippen molar-refractivity contribution in [2.75, 3.05) is 13.6 Å². The van der Waals surface area contributed by atoms with E-state index in [1.165, 1.54) is 0 Å². The monoisotopic (exact) mass is 311 g/mol. The van der Waals surface area contributed by atoms with Gasteiger partial charge in [-0.2, -0.15) is 0 Å². The smallest absolute Gasteiger partial charge is 0.147 e. The van der Waals surface area contributed by atoms with Gasteiger partial charge in [0.1, 0.15) is 10.0 Å². The highest BCUT2D eigenvalue weighted by molar-refractivity contribution is 9.10. The highest BCUT2D eigenvalue weighted by atomic mass is 79.9. The molecule has 0 aliphatic heterocycles. The van der Waals surface area contributed by atoms with Gasteiger partial charge in [0.2, 0.25) is 0 Å². The maximum absolute atomic E-state index is 4.23. The van der Waals surface area contributed by atoms with Crippen LogP contribution in [0.15, 0.2) is 28.7 Å². The van der Waals surface area contributed by atoms with E-state index < -0.39 is 0 Å². The Morgan fingerprint density at radius 2 is 2.00 bits per heavy atom. The quantitative estimate of drug-likeness (QED) is 0.862. The fourth-order valence-corrected chi connectivity index (χ4v) is 2.63. The lowest BCUT2D eigenvalue weighted by molar-refractivity contribution is 0.718. The molecule has 1 aromatic carbocycles. The summed E-state index contributed by atoms with van der Waals surface area (Å²) < 4.78 is 1.08. The van der Waals surface area contributed by atoms with Gasteiger partial charge >= 0.3 is 0 Å². The van der Waals surface area contributed by atoms with Gasteiger partial charge < -0.3 is 5.32 Å². The molecule has 1 aromatic heterocycles. The molecule has 90 valence electrons. The van der Waals surface area contributed by atoms with Crippen molar-refractivity contribution >= 4 is 27.3 Å². The van der Waals surface area contributed by atoms with Crippen molar-refractivity contribution in [2.45, 2.75) is 12.8 Å². The zero-order chi connectivity index (χ0) is 12.1. The fraction of sp³-hybridized carbons (Fsp3) is 0.333. The van der Waals surface area contributed by atoms with Gasteiger partial charge in [-0.1, -0.05) is 39.4 Å². The summed E-state index contributed by atoms with van der Waals surface area (Å²) >= 11 is 5.10. The number of nitrogens with zero attached hydrogens (tertiary/aromatic N) is 2. The van der Waals surface area contributed by atoms with Crippen LogP contribution in [0.3, 0.4) is 0 Å². The van der Waals surface area contributed by atoms with Gasteiger partial charge in [0, 0.05) is 16.5 Å². The second-order valence-electron chi connectivity index (χ2n) is 3.71. The molecule has 2 rings (SSSR count). The Balaban J connectivity index is 2.04. The van der Waals surface area contributed by atoms with Crippen LogP contribution in [0.4, 0.5) is 0 Å². The topological polar surface area (TPSA) is 37.8 Å². The van der Waals surface area contributed by atoms with Crippen LogP contribution in [0.2, 0.25) is 0 Å². The Bertz CT molecular complexity index is 467. The minimum atomic E-state index is 0.995. The normalized spacial score (nSPS) is 10.7. The number of benzene rings is 1. The van der Waals surface area contributed by atoms with Crippen LogP contribution in [-0.2, 0) is 6.42 Å². The van der Waals surface area contributed by atoms with Crippen LogP contribution in [0.1, 0.15) is 11.4 Å². The number of aromatic nitrogens is 2. The lowest BCUT2D eigenvalue weighted by atomic mass is 10.2. The Morgan fingerprint density at radius 1 is 1.24 bits per heavy atom. The van der Waals surface area contributed by atoms with Crippen LogP contribution in [0, 0.1) is 0 Å². The highest BCUT2D eigenvalue weighted by Gasteiger charge is 2.06. The van der Waals surface area contributed by atoms with Crippen LogP contribution in [-0.4, -0.2) is 23.8 Å². The summed E-state index contributed by atoms with van der Waals surface area (Å²) in [6.07, 6.45) is 2.10. The van der Waals surface area contributed by atoms with Crippen molar-refractivity contribution < 1.29 is 0 Å². The summed E-state index contributed by atoms with van der Waals surface area (Å²) in [6.45, 7) is 1.02. The lowest BCUT2D eigenvalue weighted by Gasteiger charge is -1.95. The van der Waals surface area contributed by atoms with Gasteiger partial charge in [0.15, 0.2) is 0 Å². The third-order valence-corrected chi connectivity index (χ3v) is 3.94. The summed E-state index contributed by atoms with van der Waals surface area (Å²) in [5.74, 6) is 0. The molecule has 0 bridgehead atoms. The Kier molecular flexibility index (Phi) is 4.65. The summed E-state index contributed by atoms with van der Waals surface area (Å²) in [7, 11) is 1.97. The van der Waals surface area contributed by atoms with E-state index in [-0.39, 0.29) is 0 Å². The molecule has 5 heteroatoms. The van der Waals surface area contributed by atoms with Crippen LogP contribution in [0.5, 0.6) is 0 Å². The summed E-state index contributed by atoms with van der Waals surface area (Å²) in [5.41, 5.74) is 1.13. The fourth-order valence-electron chi connectivity index (χ4n) is 1.48. The predicted molar refractivity (Wildman–Crippen MR) is 75.3 cm³/mol. The molecule has 0 unspecified atom stereocenters. The van der Waals surface area contributed by atoms with E-state index in [1.807, 2.05) is 19.2 Å². The number of nitrogens with one attached hydrogen (secondary N) is 1. The van der Waals surface area contributed by atoms with E-state index in [1.54, 1.807) is 11.3 Å².